The summed E-state index contributed by atoms with van der Waals surface area (Å²) in [5.74, 6) is 0.369. The third-order valence-corrected chi connectivity index (χ3v) is 7.75. The van der Waals surface area contributed by atoms with Crippen LogP contribution in [0.15, 0.2) is 78.9 Å². The fraction of sp³-hybridized carbons (Fsp3) is 0.364. The molecule has 0 radical (unpaired) electrons. The second-order valence-electron chi connectivity index (χ2n) is 10.9. The molecule has 5 rings (SSSR count). The van der Waals surface area contributed by atoms with Gasteiger partial charge in [-0.15, -0.1) is 0 Å². The number of hydrogen-bond donors (Lipinski definition) is 3. The minimum absolute atomic E-state index is 0.0833. The van der Waals surface area contributed by atoms with Gasteiger partial charge >= 0.3 is 5.97 Å². The van der Waals surface area contributed by atoms with Gasteiger partial charge < -0.3 is 20.5 Å². The number of aliphatic carboxylic acids is 1. The van der Waals surface area contributed by atoms with E-state index in [0.29, 0.717) is 35.1 Å². The first kappa shape index (κ1) is 27.6. The van der Waals surface area contributed by atoms with Crippen LogP contribution in [0.5, 0.6) is 5.75 Å². The predicted octanol–water partition coefficient (Wildman–Crippen LogP) is 5.14. The third kappa shape index (κ3) is 6.96. The van der Waals surface area contributed by atoms with Crippen molar-refractivity contribution in [1.82, 2.24) is 5.32 Å². The van der Waals surface area contributed by atoms with Gasteiger partial charge in [0.25, 0.3) is 0 Å². The molecule has 2 aliphatic rings. The van der Waals surface area contributed by atoms with Gasteiger partial charge in [0.2, 0.25) is 0 Å². The number of anilines is 1. The normalized spacial score (nSPS) is 16.1. The van der Waals surface area contributed by atoms with Crippen molar-refractivity contribution in [2.24, 2.45) is 11.3 Å². The Kier molecular flexibility index (Phi) is 8.60. The summed E-state index contributed by atoms with van der Waals surface area (Å²) >= 11 is 0. The number of carboxylic acid groups (broad SMARTS) is 1. The van der Waals surface area contributed by atoms with Gasteiger partial charge in [0, 0.05) is 41.1 Å². The van der Waals surface area contributed by atoms with Crippen molar-refractivity contribution >= 4 is 23.2 Å². The lowest BCUT2D eigenvalue weighted by Gasteiger charge is -2.18. The van der Waals surface area contributed by atoms with Gasteiger partial charge in [-0.3, -0.25) is 9.59 Å². The first-order chi connectivity index (χ1) is 19.4. The summed E-state index contributed by atoms with van der Waals surface area (Å²) in [5, 5.41) is 16.4. The number of ether oxygens (including phenoxy) is 1. The number of carbonyl (C=O) groups excluding carboxylic acids is 2. The molecule has 2 fully saturated rings. The van der Waals surface area contributed by atoms with Crippen molar-refractivity contribution in [2.75, 3.05) is 25.0 Å². The van der Waals surface area contributed by atoms with E-state index in [0.717, 1.165) is 56.5 Å². The topological polar surface area (TPSA) is 105 Å². The molecule has 0 amide bonds. The Balaban J connectivity index is 1.09. The van der Waals surface area contributed by atoms with Crippen molar-refractivity contribution in [3.63, 3.8) is 0 Å². The van der Waals surface area contributed by atoms with Crippen molar-refractivity contribution in [2.45, 2.75) is 44.6 Å². The van der Waals surface area contributed by atoms with E-state index >= 15 is 0 Å². The Morgan fingerprint density at radius 1 is 0.925 bits per heavy atom. The summed E-state index contributed by atoms with van der Waals surface area (Å²) in [5.41, 5.74) is 2.23. The van der Waals surface area contributed by atoms with Crippen molar-refractivity contribution < 1.29 is 24.2 Å². The number of rotatable bonds is 16. The van der Waals surface area contributed by atoms with Gasteiger partial charge in [0.05, 0.1) is 6.61 Å². The Labute approximate surface area is 235 Å². The first-order valence-electron chi connectivity index (χ1n) is 14.1. The largest absolute Gasteiger partial charge is 0.494 e. The van der Waals surface area contributed by atoms with Gasteiger partial charge in [0.1, 0.15) is 17.6 Å². The van der Waals surface area contributed by atoms with E-state index in [9.17, 15) is 19.5 Å². The fourth-order valence-corrected chi connectivity index (χ4v) is 5.05. The van der Waals surface area contributed by atoms with E-state index in [2.05, 4.69) is 10.6 Å². The Bertz CT molecular complexity index is 1330. The Morgan fingerprint density at radius 2 is 1.62 bits per heavy atom. The molecular weight excluding hydrogens is 504 g/mol. The van der Waals surface area contributed by atoms with Crippen LogP contribution in [0.1, 0.15) is 53.6 Å². The van der Waals surface area contributed by atoms with Crippen LogP contribution in [0.2, 0.25) is 0 Å². The Hall–Kier alpha value is -3.97. The molecule has 2 aliphatic carbocycles. The summed E-state index contributed by atoms with van der Waals surface area (Å²) in [6, 6.07) is 22.4. The highest BCUT2D eigenvalue weighted by molar-refractivity contribution is 6.12. The lowest BCUT2D eigenvalue weighted by molar-refractivity contribution is -0.137. The Morgan fingerprint density at radius 3 is 2.30 bits per heavy atom. The SMILES string of the molecule is O=C(c1ccccc1)c1ccccc1NC(Cc1ccc(OCCCNCC2(C(=O)C3CC3)CC2)cc1)C(=O)O. The van der Waals surface area contributed by atoms with Gasteiger partial charge in [-0.2, -0.15) is 0 Å². The molecule has 0 spiro atoms. The van der Waals surface area contributed by atoms with E-state index in [4.69, 9.17) is 4.74 Å². The number of nitrogens with one attached hydrogen (secondary N) is 2. The van der Waals surface area contributed by atoms with Gasteiger partial charge in [-0.05, 0) is 68.5 Å². The average Bonchev–Trinajstić information content (AvgIpc) is 3.91. The molecule has 0 aliphatic heterocycles. The van der Waals surface area contributed by atoms with E-state index in [1.807, 2.05) is 30.3 Å². The maximum atomic E-state index is 13.0. The molecule has 40 heavy (non-hydrogen) atoms. The lowest BCUT2D eigenvalue weighted by Crippen LogP contribution is -2.32. The van der Waals surface area contributed by atoms with E-state index in [1.165, 1.54) is 0 Å². The van der Waals surface area contributed by atoms with Gasteiger partial charge in [0.15, 0.2) is 5.78 Å². The molecule has 7 nitrogen and oxygen atoms in total. The summed E-state index contributed by atoms with van der Waals surface area (Å²) in [6.45, 7) is 2.14. The number of ketones is 2. The molecule has 3 N–H and O–H groups in total. The standard InChI is InChI=1S/C33H36N2O5/c36-30(24-7-2-1-3-8-24)27-9-4-5-10-28(27)35-29(32(38)39)21-23-11-15-26(16-12-23)40-20-6-19-34-22-33(17-18-33)31(37)25-13-14-25/h1-5,7-12,15-16,25,29,34-35H,6,13-14,17-22H2,(H,38,39). The number of carboxylic acids is 1. The zero-order valence-corrected chi connectivity index (χ0v) is 22.6. The molecule has 0 heterocycles. The molecule has 7 heteroatoms. The zero-order chi connectivity index (χ0) is 28.0. The van der Waals surface area contributed by atoms with Crippen LogP contribution < -0.4 is 15.4 Å². The number of Topliss-reactive ketones (excluding diaryl/α,β-unsaturated/α-hetero) is 1. The van der Waals surface area contributed by atoms with Gasteiger partial charge in [-0.25, -0.2) is 4.79 Å². The van der Waals surface area contributed by atoms with Crippen molar-refractivity contribution in [3.05, 3.63) is 95.6 Å². The van der Waals surface area contributed by atoms with Crippen molar-refractivity contribution in [3.8, 4) is 5.75 Å². The van der Waals surface area contributed by atoms with Crippen LogP contribution in [0.3, 0.4) is 0 Å². The number of hydrogen-bond acceptors (Lipinski definition) is 6. The quantitative estimate of drug-likeness (QED) is 0.171. The molecular formula is C33H36N2O5. The third-order valence-electron chi connectivity index (χ3n) is 7.75. The molecule has 3 aromatic carbocycles. The molecule has 208 valence electrons. The number of carbonyl (C=O) groups is 3. The summed E-state index contributed by atoms with van der Waals surface area (Å²) in [7, 11) is 0. The summed E-state index contributed by atoms with van der Waals surface area (Å²) < 4.78 is 5.86. The van der Waals surface area contributed by atoms with Crippen LogP contribution in [0.4, 0.5) is 5.69 Å². The average molecular weight is 541 g/mol. The highest BCUT2D eigenvalue weighted by Crippen LogP contribution is 2.51. The second kappa shape index (κ2) is 12.5. The smallest absolute Gasteiger partial charge is 0.326 e. The lowest BCUT2D eigenvalue weighted by atomic mass is 9.97. The van der Waals surface area contributed by atoms with Crippen LogP contribution in [-0.2, 0) is 16.0 Å². The maximum absolute atomic E-state index is 13.0. The first-order valence-corrected chi connectivity index (χ1v) is 14.1. The minimum Gasteiger partial charge on any atom is -0.494 e. The molecule has 0 aromatic heterocycles. The van der Waals surface area contributed by atoms with Crippen LogP contribution in [0.25, 0.3) is 0 Å². The summed E-state index contributed by atoms with van der Waals surface area (Å²) in [4.78, 5) is 37.5. The summed E-state index contributed by atoms with van der Waals surface area (Å²) in [6.07, 6.45) is 5.27. The van der Waals surface area contributed by atoms with E-state index < -0.39 is 12.0 Å². The van der Waals surface area contributed by atoms with Crippen LogP contribution >= 0.6 is 0 Å². The molecule has 2 saturated carbocycles. The molecule has 1 unspecified atom stereocenters. The van der Waals surface area contributed by atoms with Crippen molar-refractivity contribution in [1.29, 1.82) is 0 Å². The monoisotopic (exact) mass is 540 g/mol. The van der Waals surface area contributed by atoms with E-state index in [1.54, 1.807) is 48.5 Å². The molecule has 3 aromatic rings. The zero-order valence-electron chi connectivity index (χ0n) is 22.6. The molecule has 1 atom stereocenters. The highest BCUT2D eigenvalue weighted by Gasteiger charge is 2.53. The highest BCUT2D eigenvalue weighted by atomic mass is 16.5. The molecule has 0 bridgehead atoms. The second-order valence-corrected chi connectivity index (χ2v) is 10.9. The fourth-order valence-electron chi connectivity index (χ4n) is 5.05. The maximum Gasteiger partial charge on any atom is 0.326 e. The number of benzene rings is 3. The predicted molar refractivity (Wildman–Crippen MR) is 154 cm³/mol. The van der Waals surface area contributed by atoms with Crippen LogP contribution in [0, 0.1) is 11.3 Å². The number of para-hydroxylation sites is 1. The van der Waals surface area contributed by atoms with Gasteiger partial charge in [-0.1, -0.05) is 54.6 Å². The molecule has 0 saturated heterocycles. The van der Waals surface area contributed by atoms with Crippen LogP contribution in [-0.4, -0.2) is 48.4 Å². The van der Waals surface area contributed by atoms with E-state index in [-0.39, 0.29) is 17.6 Å². The minimum atomic E-state index is -0.999.